The Hall–Kier alpha value is -1.35. The first-order valence-electron chi connectivity index (χ1n) is 4.62. The zero-order valence-corrected chi connectivity index (χ0v) is 9.12. The van der Waals surface area contributed by atoms with Crippen molar-refractivity contribution in [2.45, 2.75) is 32.1 Å². The second-order valence-corrected chi connectivity index (χ2v) is 2.92. The molecular formula is C8H15F3N2O4. The van der Waals surface area contributed by atoms with E-state index in [1.165, 1.54) is 0 Å². The number of alkyl halides is 3. The second-order valence-electron chi connectivity index (χ2n) is 2.92. The minimum atomic E-state index is -5.08. The quantitative estimate of drug-likeness (QED) is 0.531. The Morgan fingerprint density at radius 3 is 2.00 bits per heavy atom. The topological polar surface area (TPSA) is 113 Å². The van der Waals surface area contributed by atoms with Gasteiger partial charge in [0.15, 0.2) is 0 Å². The van der Waals surface area contributed by atoms with Gasteiger partial charge < -0.3 is 21.3 Å². The van der Waals surface area contributed by atoms with Gasteiger partial charge in [0, 0.05) is 6.54 Å². The van der Waals surface area contributed by atoms with E-state index < -0.39 is 18.1 Å². The van der Waals surface area contributed by atoms with Gasteiger partial charge in [-0.1, -0.05) is 6.92 Å². The van der Waals surface area contributed by atoms with Crippen LogP contribution in [-0.4, -0.2) is 41.0 Å². The summed E-state index contributed by atoms with van der Waals surface area (Å²) < 4.78 is 31.7. The van der Waals surface area contributed by atoms with Crippen LogP contribution in [0.5, 0.6) is 0 Å². The highest BCUT2D eigenvalue weighted by Gasteiger charge is 2.38. The molecular weight excluding hydrogens is 245 g/mol. The first-order chi connectivity index (χ1) is 7.61. The fourth-order valence-corrected chi connectivity index (χ4v) is 0.509. The van der Waals surface area contributed by atoms with Crippen LogP contribution in [0.15, 0.2) is 0 Å². The van der Waals surface area contributed by atoms with E-state index in [1.54, 1.807) is 0 Å². The van der Waals surface area contributed by atoms with Gasteiger partial charge in [0.2, 0.25) is 0 Å². The lowest BCUT2D eigenvalue weighted by atomic mass is 10.3. The van der Waals surface area contributed by atoms with Crippen molar-refractivity contribution < 1.29 is 33.0 Å². The number of carboxylic acids is 2. The van der Waals surface area contributed by atoms with E-state index in [4.69, 9.17) is 20.7 Å². The molecule has 0 aromatic carbocycles. The average Bonchev–Trinajstić information content (AvgIpc) is 2.16. The average molecular weight is 260 g/mol. The van der Waals surface area contributed by atoms with Crippen molar-refractivity contribution in [3.63, 3.8) is 0 Å². The Bertz CT molecular complexity index is 245. The number of halogens is 3. The summed E-state index contributed by atoms with van der Waals surface area (Å²) in [7, 11) is 0. The lowest BCUT2D eigenvalue weighted by Crippen LogP contribution is -2.37. The van der Waals surface area contributed by atoms with Crippen molar-refractivity contribution in [3.8, 4) is 0 Å². The molecule has 0 aliphatic rings. The molecule has 9 heteroatoms. The summed E-state index contributed by atoms with van der Waals surface area (Å²) >= 11 is 0. The van der Waals surface area contributed by atoms with E-state index in [0.717, 1.165) is 6.42 Å². The Morgan fingerprint density at radius 1 is 1.35 bits per heavy atom. The van der Waals surface area contributed by atoms with Gasteiger partial charge in [-0.2, -0.15) is 13.2 Å². The maximum Gasteiger partial charge on any atom is 0.490 e. The zero-order valence-electron chi connectivity index (χ0n) is 9.12. The van der Waals surface area contributed by atoms with Gasteiger partial charge >= 0.3 is 18.1 Å². The van der Waals surface area contributed by atoms with Crippen LogP contribution in [0.4, 0.5) is 13.2 Å². The SMILES string of the molecule is CCC(N)NCCC(=O)O.O=C(O)C(F)(F)F. The van der Waals surface area contributed by atoms with Crippen molar-refractivity contribution in [2.75, 3.05) is 6.54 Å². The molecule has 0 spiro atoms. The highest BCUT2D eigenvalue weighted by atomic mass is 19.4. The van der Waals surface area contributed by atoms with Gasteiger partial charge in [0.25, 0.3) is 0 Å². The maximum atomic E-state index is 10.6. The Kier molecular flexibility index (Phi) is 9.29. The number of rotatable bonds is 5. The zero-order chi connectivity index (χ0) is 14.1. The second kappa shape index (κ2) is 8.76. The molecule has 0 heterocycles. The molecule has 0 rings (SSSR count). The molecule has 6 nitrogen and oxygen atoms in total. The van der Waals surface area contributed by atoms with E-state index in [1.807, 2.05) is 6.92 Å². The molecule has 0 aromatic heterocycles. The van der Waals surface area contributed by atoms with Crippen LogP contribution in [0.25, 0.3) is 0 Å². The fraction of sp³-hybridized carbons (Fsp3) is 0.750. The van der Waals surface area contributed by atoms with E-state index in [9.17, 15) is 18.0 Å². The van der Waals surface area contributed by atoms with Crippen LogP contribution in [-0.2, 0) is 9.59 Å². The van der Waals surface area contributed by atoms with Gasteiger partial charge in [0.05, 0.1) is 12.6 Å². The Morgan fingerprint density at radius 2 is 1.76 bits per heavy atom. The van der Waals surface area contributed by atoms with Gasteiger partial charge in [0.1, 0.15) is 0 Å². The van der Waals surface area contributed by atoms with E-state index in [-0.39, 0.29) is 12.6 Å². The van der Waals surface area contributed by atoms with Crippen LogP contribution >= 0.6 is 0 Å². The van der Waals surface area contributed by atoms with Crippen molar-refractivity contribution >= 4 is 11.9 Å². The van der Waals surface area contributed by atoms with Crippen LogP contribution in [0, 0.1) is 0 Å². The largest absolute Gasteiger partial charge is 0.490 e. The first kappa shape index (κ1) is 18.0. The molecule has 0 radical (unpaired) electrons. The third-order valence-electron chi connectivity index (χ3n) is 1.43. The van der Waals surface area contributed by atoms with Crippen molar-refractivity contribution in [3.05, 3.63) is 0 Å². The number of hydrogen-bond donors (Lipinski definition) is 4. The van der Waals surface area contributed by atoms with Gasteiger partial charge in [-0.25, -0.2) is 4.79 Å². The molecule has 1 unspecified atom stereocenters. The molecule has 102 valence electrons. The maximum absolute atomic E-state index is 10.6. The van der Waals surface area contributed by atoms with Crippen LogP contribution in [0.3, 0.4) is 0 Å². The molecule has 1 atom stereocenters. The number of carbonyl (C=O) groups is 2. The minimum Gasteiger partial charge on any atom is -0.481 e. The first-order valence-corrected chi connectivity index (χ1v) is 4.62. The van der Waals surface area contributed by atoms with Crippen LogP contribution < -0.4 is 11.1 Å². The molecule has 0 saturated heterocycles. The summed E-state index contributed by atoms with van der Waals surface area (Å²) in [5, 5.41) is 18.2. The lowest BCUT2D eigenvalue weighted by molar-refractivity contribution is -0.192. The molecule has 0 saturated carbocycles. The Balaban J connectivity index is 0. The highest BCUT2D eigenvalue weighted by Crippen LogP contribution is 2.13. The summed E-state index contributed by atoms with van der Waals surface area (Å²) in [6, 6.07) is 0. The summed E-state index contributed by atoms with van der Waals surface area (Å²) in [6.45, 7) is 2.39. The van der Waals surface area contributed by atoms with E-state index >= 15 is 0 Å². The third kappa shape index (κ3) is 14.7. The standard InChI is InChI=1S/C6H14N2O2.C2HF3O2/c1-2-5(7)8-4-3-6(9)10;3-2(4,5)1(6)7/h5,8H,2-4,7H2,1H3,(H,9,10);(H,6,7). The van der Waals surface area contributed by atoms with Crippen molar-refractivity contribution in [1.29, 1.82) is 0 Å². The summed E-state index contributed by atoms with van der Waals surface area (Å²) in [5.74, 6) is -3.55. The van der Waals surface area contributed by atoms with Crippen molar-refractivity contribution in [2.24, 2.45) is 5.73 Å². The third-order valence-corrected chi connectivity index (χ3v) is 1.43. The number of nitrogens with one attached hydrogen (secondary N) is 1. The minimum absolute atomic E-state index is 0.0700. The van der Waals surface area contributed by atoms with Crippen molar-refractivity contribution in [1.82, 2.24) is 5.32 Å². The number of nitrogens with two attached hydrogens (primary N) is 1. The molecule has 0 fully saturated rings. The van der Waals surface area contributed by atoms with Crippen LogP contribution in [0.2, 0.25) is 0 Å². The molecule has 0 bridgehead atoms. The Labute approximate surface area is 95.6 Å². The number of aliphatic carboxylic acids is 2. The monoisotopic (exact) mass is 260 g/mol. The normalized spacial score (nSPS) is 12.3. The van der Waals surface area contributed by atoms with Gasteiger partial charge in [-0.15, -0.1) is 0 Å². The smallest absolute Gasteiger partial charge is 0.481 e. The molecule has 0 aromatic rings. The predicted molar refractivity (Wildman–Crippen MR) is 52.2 cm³/mol. The molecule has 5 N–H and O–H groups in total. The van der Waals surface area contributed by atoms with Gasteiger partial charge in [-0.3, -0.25) is 4.79 Å². The molecule has 0 aliphatic heterocycles. The molecule has 17 heavy (non-hydrogen) atoms. The summed E-state index contributed by atoms with van der Waals surface area (Å²) in [6.07, 6.45) is -4.20. The fourth-order valence-electron chi connectivity index (χ4n) is 0.509. The number of carboxylic acid groups (broad SMARTS) is 2. The summed E-state index contributed by atoms with van der Waals surface area (Å²) in [4.78, 5) is 18.9. The number of hydrogen-bond acceptors (Lipinski definition) is 4. The van der Waals surface area contributed by atoms with Crippen LogP contribution in [0.1, 0.15) is 19.8 Å². The molecule has 0 aliphatic carbocycles. The van der Waals surface area contributed by atoms with Gasteiger partial charge in [-0.05, 0) is 6.42 Å². The van der Waals surface area contributed by atoms with E-state index in [2.05, 4.69) is 5.32 Å². The summed E-state index contributed by atoms with van der Waals surface area (Å²) in [5.41, 5.74) is 5.46. The lowest BCUT2D eigenvalue weighted by Gasteiger charge is -2.08. The van der Waals surface area contributed by atoms with E-state index in [0.29, 0.717) is 6.54 Å². The predicted octanol–water partition coefficient (Wildman–Crippen LogP) is 0.379. The molecule has 0 amide bonds. The highest BCUT2D eigenvalue weighted by molar-refractivity contribution is 5.73.